The van der Waals surface area contributed by atoms with Gasteiger partial charge in [-0.1, -0.05) is 0 Å². The van der Waals surface area contributed by atoms with Gasteiger partial charge in [-0.15, -0.1) is 0 Å². The highest BCUT2D eigenvalue weighted by molar-refractivity contribution is 5.96. The van der Waals surface area contributed by atoms with Crippen molar-refractivity contribution in [2.75, 3.05) is 6.61 Å². The fourth-order valence-electron chi connectivity index (χ4n) is 0.998. The molecule has 0 bridgehead atoms. The average molecular weight is 141 g/mol. The number of carbonyl (C=O) groups is 1. The molecule has 1 amide bonds. The Hall–Kier alpha value is -0.830. The summed E-state index contributed by atoms with van der Waals surface area (Å²) >= 11 is 0. The Morgan fingerprint density at radius 3 is 2.40 bits per heavy atom. The molecule has 1 aliphatic rings. The van der Waals surface area contributed by atoms with Crippen LogP contribution in [0.15, 0.2) is 11.1 Å². The van der Waals surface area contributed by atoms with Gasteiger partial charge in [0.25, 0.3) is 0 Å². The Morgan fingerprint density at radius 1 is 1.60 bits per heavy atom. The van der Waals surface area contributed by atoms with Gasteiger partial charge >= 0.3 is 0 Å². The third-order valence-corrected chi connectivity index (χ3v) is 1.94. The lowest BCUT2D eigenvalue weighted by Crippen LogP contribution is -2.31. The van der Waals surface area contributed by atoms with E-state index < -0.39 is 0 Å². The molecule has 1 heterocycles. The smallest absolute Gasteiger partial charge is 0.247 e. The van der Waals surface area contributed by atoms with Crippen molar-refractivity contribution in [3.63, 3.8) is 0 Å². The molecule has 0 aromatic carbocycles. The van der Waals surface area contributed by atoms with Crippen molar-refractivity contribution < 1.29 is 9.90 Å². The molecular weight excluding hydrogens is 130 g/mol. The minimum atomic E-state index is -0.146. The molecule has 2 N–H and O–H groups in total. The lowest BCUT2D eigenvalue weighted by molar-refractivity contribution is -0.117. The first-order valence-electron chi connectivity index (χ1n) is 3.26. The number of aliphatic hydroxyl groups excluding tert-OH is 1. The van der Waals surface area contributed by atoms with Gasteiger partial charge < -0.3 is 10.4 Å². The van der Waals surface area contributed by atoms with Gasteiger partial charge in [-0.05, 0) is 19.4 Å². The van der Waals surface area contributed by atoms with Crippen LogP contribution in [-0.4, -0.2) is 23.7 Å². The lowest BCUT2D eigenvalue weighted by atomic mass is 10.1. The predicted molar refractivity (Wildman–Crippen MR) is 37.4 cm³/mol. The van der Waals surface area contributed by atoms with Gasteiger partial charge in [0.2, 0.25) is 5.91 Å². The molecule has 56 valence electrons. The van der Waals surface area contributed by atoms with E-state index in [9.17, 15) is 4.79 Å². The highest BCUT2D eigenvalue weighted by Crippen LogP contribution is 2.14. The summed E-state index contributed by atoms with van der Waals surface area (Å²) in [7, 11) is 0. The first kappa shape index (κ1) is 7.28. The van der Waals surface area contributed by atoms with E-state index in [0.29, 0.717) is 0 Å². The molecule has 0 aromatic heterocycles. The van der Waals surface area contributed by atoms with Crippen LogP contribution in [0.2, 0.25) is 0 Å². The van der Waals surface area contributed by atoms with Gasteiger partial charge in [-0.2, -0.15) is 0 Å². The van der Waals surface area contributed by atoms with Crippen molar-refractivity contribution in [3.8, 4) is 0 Å². The van der Waals surface area contributed by atoms with Gasteiger partial charge in [0.05, 0.1) is 12.6 Å². The lowest BCUT2D eigenvalue weighted by Gasteiger charge is -2.06. The number of amides is 1. The van der Waals surface area contributed by atoms with Crippen LogP contribution in [-0.2, 0) is 4.79 Å². The van der Waals surface area contributed by atoms with E-state index in [1.54, 1.807) is 6.92 Å². The van der Waals surface area contributed by atoms with Gasteiger partial charge in [0.1, 0.15) is 0 Å². The second kappa shape index (κ2) is 2.42. The van der Waals surface area contributed by atoms with E-state index >= 15 is 0 Å². The van der Waals surface area contributed by atoms with Crippen LogP contribution < -0.4 is 5.32 Å². The Bertz CT molecular complexity index is 196. The topological polar surface area (TPSA) is 49.3 Å². The molecule has 0 saturated carbocycles. The third-order valence-electron chi connectivity index (χ3n) is 1.94. The molecule has 0 aromatic rings. The summed E-state index contributed by atoms with van der Waals surface area (Å²) in [5.74, 6) is -0.0587. The average Bonchev–Trinajstić information content (AvgIpc) is 2.17. The fourth-order valence-corrected chi connectivity index (χ4v) is 0.998. The van der Waals surface area contributed by atoms with E-state index in [4.69, 9.17) is 5.11 Å². The minimum Gasteiger partial charge on any atom is -0.394 e. The summed E-state index contributed by atoms with van der Waals surface area (Å²) in [5.41, 5.74) is 1.69. The van der Waals surface area contributed by atoms with E-state index in [0.717, 1.165) is 11.1 Å². The molecule has 0 fully saturated rings. The highest BCUT2D eigenvalue weighted by atomic mass is 16.3. The summed E-state index contributed by atoms with van der Waals surface area (Å²) in [5, 5.41) is 11.4. The molecule has 1 atom stereocenters. The van der Waals surface area contributed by atoms with Gasteiger partial charge in [-0.25, -0.2) is 0 Å². The number of rotatable bonds is 1. The van der Waals surface area contributed by atoms with Crippen LogP contribution in [0.5, 0.6) is 0 Å². The van der Waals surface area contributed by atoms with Crippen LogP contribution in [0.4, 0.5) is 0 Å². The molecular formula is C7H11NO2. The molecule has 0 spiro atoms. The molecule has 3 heteroatoms. The highest BCUT2D eigenvalue weighted by Gasteiger charge is 2.24. The number of aliphatic hydroxyl groups is 1. The summed E-state index contributed by atoms with van der Waals surface area (Å²) in [6, 6.07) is -0.146. The molecule has 0 radical (unpaired) electrons. The van der Waals surface area contributed by atoms with Crippen molar-refractivity contribution in [2.45, 2.75) is 19.9 Å². The van der Waals surface area contributed by atoms with Crippen molar-refractivity contribution in [3.05, 3.63) is 11.1 Å². The summed E-state index contributed by atoms with van der Waals surface area (Å²) < 4.78 is 0. The molecule has 0 saturated heterocycles. The van der Waals surface area contributed by atoms with Crippen molar-refractivity contribution in [1.29, 1.82) is 0 Å². The predicted octanol–water partition coefficient (Wildman–Crippen LogP) is -0.186. The van der Waals surface area contributed by atoms with E-state index in [1.807, 2.05) is 6.92 Å². The maximum Gasteiger partial charge on any atom is 0.247 e. The van der Waals surface area contributed by atoms with Gasteiger partial charge in [-0.3, -0.25) is 4.79 Å². The zero-order chi connectivity index (χ0) is 7.72. The van der Waals surface area contributed by atoms with E-state index in [-0.39, 0.29) is 18.6 Å². The number of nitrogens with one attached hydrogen (secondary N) is 1. The third kappa shape index (κ3) is 0.926. The first-order chi connectivity index (χ1) is 4.66. The van der Waals surface area contributed by atoms with Gasteiger partial charge in [0.15, 0.2) is 0 Å². The van der Waals surface area contributed by atoms with Crippen LogP contribution in [0.25, 0.3) is 0 Å². The molecule has 1 aliphatic heterocycles. The van der Waals surface area contributed by atoms with Crippen LogP contribution in [0, 0.1) is 0 Å². The summed E-state index contributed by atoms with van der Waals surface area (Å²) in [6.07, 6.45) is 0. The Kier molecular flexibility index (Phi) is 1.76. The Morgan fingerprint density at radius 2 is 2.20 bits per heavy atom. The van der Waals surface area contributed by atoms with Crippen LogP contribution >= 0.6 is 0 Å². The fraction of sp³-hybridized carbons (Fsp3) is 0.571. The molecule has 3 nitrogen and oxygen atoms in total. The van der Waals surface area contributed by atoms with Crippen LogP contribution in [0.1, 0.15) is 13.8 Å². The molecule has 0 aliphatic carbocycles. The van der Waals surface area contributed by atoms with Crippen molar-refractivity contribution in [1.82, 2.24) is 5.32 Å². The van der Waals surface area contributed by atoms with E-state index in [2.05, 4.69) is 5.32 Å². The monoisotopic (exact) mass is 141 g/mol. The SMILES string of the molecule is CC1=C(C)C(CO)NC1=O. The quantitative estimate of drug-likeness (QED) is 0.532. The Balaban J connectivity index is 2.83. The van der Waals surface area contributed by atoms with Crippen molar-refractivity contribution in [2.24, 2.45) is 0 Å². The summed E-state index contributed by atoms with van der Waals surface area (Å²) in [4.78, 5) is 10.9. The summed E-state index contributed by atoms with van der Waals surface area (Å²) in [6.45, 7) is 3.61. The van der Waals surface area contributed by atoms with Crippen LogP contribution in [0.3, 0.4) is 0 Å². The first-order valence-corrected chi connectivity index (χ1v) is 3.26. The number of hydrogen-bond acceptors (Lipinski definition) is 2. The zero-order valence-corrected chi connectivity index (χ0v) is 6.14. The van der Waals surface area contributed by atoms with E-state index in [1.165, 1.54) is 0 Å². The second-order valence-corrected chi connectivity index (χ2v) is 2.52. The largest absolute Gasteiger partial charge is 0.394 e. The second-order valence-electron chi connectivity index (χ2n) is 2.52. The maximum absolute atomic E-state index is 10.9. The number of carbonyl (C=O) groups excluding carboxylic acids is 1. The zero-order valence-electron chi connectivity index (χ0n) is 6.14. The van der Waals surface area contributed by atoms with Gasteiger partial charge in [0, 0.05) is 5.57 Å². The minimum absolute atomic E-state index is 0.00505. The van der Waals surface area contributed by atoms with Crippen molar-refractivity contribution >= 4 is 5.91 Å². The Labute approximate surface area is 59.7 Å². The molecule has 1 rings (SSSR count). The standard InChI is InChI=1S/C7H11NO2/c1-4-5(2)7(10)8-6(4)3-9/h6,9H,3H2,1-2H3,(H,8,10). The molecule has 10 heavy (non-hydrogen) atoms. The number of hydrogen-bond donors (Lipinski definition) is 2. The normalized spacial score (nSPS) is 25.5. The molecule has 1 unspecified atom stereocenters. The maximum atomic E-state index is 10.9.